The lowest BCUT2D eigenvalue weighted by atomic mass is 9.54. The van der Waals surface area contributed by atoms with Gasteiger partial charge in [0.25, 0.3) is 0 Å². The van der Waals surface area contributed by atoms with E-state index >= 15 is 0 Å². The van der Waals surface area contributed by atoms with Gasteiger partial charge in [-0.05, 0) is 0 Å². The van der Waals surface area contributed by atoms with Crippen LogP contribution in [-0.4, -0.2) is 105 Å². The minimum absolute atomic E-state index is 0.621. The molecule has 23 heavy (non-hydrogen) atoms. The zero-order chi connectivity index (χ0) is 18.1. The SMILES string of the molecule is OCC(CO)C(CO)(CO)C(CO)C(CO)(CO)C(CO)CO. The molecule has 0 rings (SSSR count). The zero-order valence-corrected chi connectivity index (χ0v) is 13.1. The van der Waals surface area contributed by atoms with E-state index in [-0.39, 0.29) is 0 Å². The minimum atomic E-state index is -1.65. The molecule has 0 aliphatic heterocycles. The van der Waals surface area contributed by atoms with E-state index in [1.165, 1.54) is 0 Å². The topological polar surface area (TPSA) is 182 Å². The van der Waals surface area contributed by atoms with Crippen molar-refractivity contribution in [2.75, 3.05) is 59.5 Å². The molecule has 0 aromatic carbocycles. The highest BCUT2D eigenvalue weighted by Gasteiger charge is 2.56. The largest absolute Gasteiger partial charge is 0.396 e. The Hall–Kier alpha value is -0.360. The van der Waals surface area contributed by atoms with Crippen LogP contribution in [0, 0.1) is 28.6 Å². The fraction of sp³-hybridized carbons (Fsp3) is 1.00. The minimum Gasteiger partial charge on any atom is -0.396 e. The van der Waals surface area contributed by atoms with Crippen molar-refractivity contribution in [1.82, 2.24) is 0 Å². The molecule has 0 radical (unpaired) electrons. The summed E-state index contributed by atoms with van der Waals surface area (Å²) in [4.78, 5) is 0. The molecule has 0 aliphatic rings. The van der Waals surface area contributed by atoms with Crippen LogP contribution in [0.1, 0.15) is 0 Å². The second-order valence-corrected chi connectivity index (χ2v) is 5.96. The maximum atomic E-state index is 9.83. The highest BCUT2D eigenvalue weighted by atomic mass is 16.3. The lowest BCUT2D eigenvalue weighted by Gasteiger charge is -2.52. The average molecular weight is 342 g/mol. The first-order valence-electron chi connectivity index (χ1n) is 7.46. The summed E-state index contributed by atoms with van der Waals surface area (Å²) in [5.41, 5.74) is -3.29. The third-order valence-electron chi connectivity index (χ3n) is 5.26. The Morgan fingerprint density at radius 1 is 0.435 bits per heavy atom. The summed E-state index contributed by atoms with van der Waals surface area (Å²) >= 11 is 0. The third kappa shape index (κ3) is 4.01. The number of aliphatic hydroxyl groups is 9. The van der Waals surface area contributed by atoms with Gasteiger partial charge in [-0.15, -0.1) is 0 Å². The normalized spacial score (nSPS) is 13.6. The van der Waals surface area contributed by atoms with Crippen LogP contribution in [0.15, 0.2) is 0 Å². The van der Waals surface area contributed by atoms with Crippen LogP contribution in [0.4, 0.5) is 0 Å². The summed E-state index contributed by atoms with van der Waals surface area (Å²) in [5, 5.41) is 86.9. The molecule has 9 nitrogen and oxygen atoms in total. The van der Waals surface area contributed by atoms with Crippen LogP contribution >= 0.6 is 0 Å². The van der Waals surface area contributed by atoms with Crippen molar-refractivity contribution < 1.29 is 46.0 Å². The van der Waals surface area contributed by atoms with Crippen molar-refractivity contribution in [3.05, 3.63) is 0 Å². The maximum Gasteiger partial charge on any atom is 0.0517 e. The van der Waals surface area contributed by atoms with E-state index in [0.29, 0.717) is 0 Å². The van der Waals surface area contributed by atoms with E-state index in [0.717, 1.165) is 0 Å². The van der Waals surface area contributed by atoms with E-state index in [1.807, 2.05) is 0 Å². The van der Waals surface area contributed by atoms with Gasteiger partial charge in [-0.2, -0.15) is 0 Å². The molecule has 0 amide bonds. The van der Waals surface area contributed by atoms with Crippen molar-refractivity contribution >= 4 is 0 Å². The molecule has 0 aliphatic carbocycles. The molecule has 0 saturated heterocycles. The van der Waals surface area contributed by atoms with Crippen LogP contribution in [0.3, 0.4) is 0 Å². The molecule has 0 bridgehead atoms. The van der Waals surface area contributed by atoms with Crippen LogP contribution < -0.4 is 0 Å². The Morgan fingerprint density at radius 3 is 0.826 bits per heavy atom. The molecule has 0 fully saturated rings. The molecule has 0 aromatic rings. The summed E-state index contributed by atoms with van der Waals surface area (Å²) < 4.78 is 0. The summed E-state index contributed by atoms with van der Waals surface area (Å²) in [6.07, 6.45) is 0. The molecule has 9 N–H and O–H groups in total. The van der Waals surface area contributed by atoms with E-state index in [2.05, 4.69) is 0 Å². The lowest BCUT2D eigenvalue weighted by molar-refractivity contribution is -0.180. The first-order valence-corrected chi connectivity index (χ1v) is 7.46. The van der Waals surface area contributed by atoms with Gasteiger partial charge in [0.1, 0.15) is 0 Å². The Bertz CT molecular complexity index is 269. The molecule has 9 heteroatoms. The lowest BCUT2D eigenvalue weighted by Crippen LogP contribution is -2.60. The van der Waals surface area contributed by atoms with Crippen LogP contribution in [-0.2, 0) is 0 Å². The maximum absolute atomic E-state index is 9.83. The van der Waals surface area contributed by atoms with Crippen molar-refractivity contribution in [1.29, 1.82) is 0 Å². The fourth-order valence-electron chi connectivity index (χ4n) is 3.40. The smallest absolute Gasteiger partial charge is 0.0517 e. The predicted molar refractivity (Wildman–Crippen MR) is 79.1 cm³/mol. The Labute approximate surface area is 135 Å². The van der Waals surface area contributed by atoms with Crippen LogP contribution in [0.2, 0.25) is 0 Å². The first-order chi connectivity index (χ1) is 11.0. The van der Waals surface area contributed by atoms with Gasteiger partial charge in [-0.1, -0.05) is 0 Å². The molecule has 0 spiro atoms. The summed E-state index contributed by atoms with van der Waals surface area (Å²) in [5.74, 6) is -3.32. The van der Waals surface area contributed by atoms with Crippen LogP contribution in [0.5, 0.6) is 0 Å². The van der Waals surface area contributed by atoms with Gasteiger partial charge in [-0.3, -0.25) is 0 Å². The molecule has 0 saturated carbocycles. The van der Waals surface area contributed by atoms with Gasteiger partial charge in [0.15, 0.2) is 0 Å². The van der Waals surface area contributed by atoms with Crippen molar-refractivity contribution in [2.45, 2.75) is 0 Å². The quantitative estimate of drug-likeness (QED) is 0.160. The first kappa shape index (κ1) is 22.6. The summed E-state index contributed by atoms with van der Waals surface area (Å²) in [6, 6.07) is 0. The molecule has 0 aromatic heterocycles. The van der Waals surface area contributed by atoms with Crippen molar-refractivity contribution in [3.63, 3.8) is 0 Å². The molecule has 0 atom stereocenters. The summed E-state index contributed by atoms with van der Waals surface area (Å²) in [6.45, 7) is -6.24. The predicted octanol–water partition coefficient (Wildman–Crippen LogP) is -4.26. The highest BCUT2D eigenvalue weighted by Crippen LogP contribution is 2.48. The number of hydrogen-bond acceptors (Lipinski definition) is 9. The Balaban J connectivity index is 6.21. The van der Waals surface area contributed by atoms with Gasteiger partial charge in [0, 0.05) is 61.6 Å². The number of rotatable bonds is 13. The summed E-state index contributed by atoms with van der Waals surface area (Å²) in [7, 11) is 0. The Morgan fingerprint density at radius 2 is 0.696 bits per heavy atom. The van der Waals surface area contributed by atoms with Gasteiger partial charge < -0.3 is 46.0 Å². The number of hydrogen-bond donors (Lipinski definition) is 9. The average Bonchev–Trinajstić information content (AvgIpc) is 2.60. The molecule has 0 unspecified atom stereocenters. The van der Waals surface area contributed by atoms with E-state index in [1.54, 1.807) is 0 Å². The van der Waals surface area contributed by atoms with Gasteiger partial charge in [0.05, 0.1) is 26.4 Å². The fourth-order valence-corrected chi connectivity index (χ4v) is 3.40. The molecular formula is C14H30O9. The van der Waals surface area contributed by atoms with Gasteiger partial charge in [0.2, 0.25) is 0 Å². The van der Waals surface area contributed by atoms with Crippen LogP contribution in [0.25, 0.3) is 0 Å². The van der Waals surface area contributed by atoms with Crippen molar-refractivity contribution in [2.24, 2.45) is 28.6 Å². The van der Waals surface area contributed by atoms with E-state index in [9.17, 15) is 46.0 Å². The number of aliphatic hydroxyl groups excluding tert-OH is 9. The van der Waals surface area contributed by atoms with E-state index < -0.39 is 88.0 Å². The van der Waals surface area contributed by atoms with Gasteiger partial charge >= 0.3 is 0 Å². The molecule has 0 heterocycles. The van der Waals surface area contributed by atoms with Gasteiger partial charge in [-0.25, -0.2) is 0 Å². The van der Waals surface area contributed by atoms with E-state index in [4.69, 9.17) is 0 Å². The highest BCUT2D eigenvalue weighted by molar-refractivity contribution is 5.02. The second kappa shape index (κ2) is 10.5. The zero-order valence-electron chi connectivity index (χ0n) is 13.1. The third-order valence-corrected chi connectivity index (χ3v) is 5.26. The monoisotopic (exact) mass is 342 g/mol. The Kier molecular flexibility index (Phi) is 10.3. The second-order valence-electron chi connectivity index (χ2n) is 5.96. The molecule has 140 valence electrons. The van der Waals surface area contributed by atoms with Crippen molar-refractivity contribution in [3.8, 4) is 0 Å². The standard InChI is InChI=1S/C14H30O9/c15-1-10(2-16)13(6-20,7-21)12(5-19)14(8-22,9-23)11(3-17)4-18/h10-12,15-23H,1-9H2. The molecular weight excluding hydrogens is 312 g/mol.